The van der Waals surface area contributed by atoms with Gasteiger partial charge in [0.1, 0.15) is 6.04 Å². The quantitative estimate of drug-likeness (QED) is 0.892. The van der Waals surface area contributed by atoms with E-state index in [0.29, 0.717) is 13.0 Å². The average Bonchev–Trinajstić information content (AvgIpc) is 2.73. The molecule has 1 aromatic rings. The second-order valence-electron chi connectivity index (χ2n) is 4.98. The lowest BCUT2D eigenvalue weighted by atomic mass is 9.95. The smallest absolute Gasteiger partial charge is 0.244 e. The first kappa shape index (κ1) is 13.6. The van der Waals surface area contributed by atoms with Gasteiger partial charge in [0, 0.05) is 13.6 Å². The molecule has 0 aromatic heterocycles. The first-order valence-corrected chi connectivity index (χ1v) is 6.73. The minimum absolute atomic E-state index is 0.0104. The zero-order valence-electron chi connectivity index (χ0n) is 11.4. The summed E-state index contributed by atoms with van der Waals surface area (Å²) in [5, 5.41) is 2.88. The van der Waals surface area contributed by atoms with Crippen LogP contribution in [0.2, 0.25) is 0 Å². The molecule has 0 bridgehead atoms. The zero-order valence-corrected chi connectivity index (χ0v) is 11.4. The van der Waals surface area contributed by atoms with Crippen molar-refractivity contribution < 1.29 is 9.59 Å². The molecule has 4 nitrogen and oxygen atoms in total. The number of rotatable bonds is 4. The van der Waals surface area contributed by atoms with Crippen molar-refractivity contribution in [1.82, 2.24) is 10.2 Å². The van der Waals surface area contributed by atoms with E-state index in [2.05, 4.69) is 5.32 Å². The van der Waals surface area contributed by atoms with Crippen LogP contribution in [0.1, 0.15) is 31.2 Å². The lowest BCUT2D eigenvalue weighted by Gasteiger charge is -2.18. The summed E-state index contributed by atoms with van der Waals surface area (Å²) in [5.41, 5.74) is 1.00. The van der Waals surface area contributed by atoms with Crippen molar-refractivity contribution in [3.8, 4) is 0 Å². The van der Waals surface area contributed by atoms with E-state index < -0.39 is 0 Å². The number of hydrogen-bond donors (Lipinski definition) is 1. The van der Waals surface area contributed by atoms with Gasteiger partial charge in [-0.1, -0.05) is 37.3 Å². The molecule has 1 heterocycles. The molecule has 0 saturated carbocycles. The highest BCUT2D eigenvalue weighted by molar-refractivity contribution is 5.91. The molecule has 2 amide bonds. The average molecular weight is 260 g/mol. The Balaban J connectivity index is 2.04. The molecule has 0 unspecified atom stereocenters. The van der Waals surface area contributed by atoms with E-state index >= 15 is 0 Å². The minimum atomic E-state index is -0.352. The summed E-state index contributed by atoms with van der Waals surface area (Å²) in [5.74, 6) is -0.224. The molecule has 1 aromatic carbocycles. The van der Waals surface area contributed by atoms with Gasteiger partial charge in [-0.15, -0.1) is 0 Å². The maximum Gasteiger partial charge on any atom is 0.244 e. The third-order valence-corrected chi connectivity index (χ3v) is 3.67. The van der Waals surface area contributed by atoms with E-state index in [-0.39, 0.29) is 23.8 Å². The third kappa shape index (κ3) is 2.95. The number of carbonyl (C=O) groups excluding carboxylic acids is 2. The number of amides is 2. The Morgan fingerprint density at radius 2 is 2.11 bits per heavy atom. The van der Waals surface area contributed by atoms with E-state index in [1.54, 1.807) is 11.9 Å². The van der Waals surface area contributed by atoms with Crippen molar-refractivity contribution >= 4 is 11.8 Å². The van der Waals surface area contributed by atoms with Crippen molar-refractivity contribution in [1.29, 1.82) is 0 Å². The van der Waals surface area contributed by atoms with Gasteiger partial charge in [-0.3, -0.25) is 9.59 Å². The molecule has 2 atom stereocenters. The van der Waals surface area contributed by atoms with Gasteiger partial charge in [0.25, 0.3) is 0 Å². The topological polar surface area (TPSA) is 49.4 Å². The highest BCUT2D eigenvalue weighted by Gasteiger charge is 2.32. The molecule has 4 heteroatoms. The molecule has 0 spiro atoms. The van der Waals surface area contributed by atoms with Gasteiger partial charge >= 0.3 is 0 Å². The summed E-state index contributed by atoms with van der Waals surface area (Å²) in [7, 11) is 1.77. The Morgan fingerprint density at radius 1 is 1.42 bits per heavy atom. The Kier molecular flexibility index (Phi) is 4.20. The molecule has 0 aliphatic carbocycles. The van der Waals surface area contributed by atoms with Gasteiger partial charge in [-0.05, 0) is 18.4 Å². The maximum absolute atomic E-state index is 12.3. The number of nitrogens with zero attached hydrogens (tertiary/aromatic N) is 1. The zero-order chi connectivity index (χ0) is 13.8. The fraction of sp³-hybridized carbons (Fsp3) is 0.467. The van der Waals surface area contributed by atoms with E-state index in [1.807, 2.05) is 37.3 Å². The molecule has 0 radical (unpaired) electrons. The summed E-state index contributed by atoms with van der Waals surface area (Å²) >= 11 is 0. The Labute approximate surface area is 113 Å². The summed E-state index contributed by atoms with van der Waals surface area (Å²) in [6, 6.07) is 9.35. The van der Waals surface area contributed by atoms with Crippen LogP contribution < -0.4 is 5.32 Å². The first-order valence-electron chi connectivity index (χ1n) is 6.73. The highest BCUT2D eigenvalue weighted by atomic mass is 16.2. The van der Waals surface area contributed by atoms with Crippen LogP contribution >= 0.6 is 0 Å². The van der Waals surface area contributed by atoms with Gasteiger partial charge in [-0.25, -0.2) is 0 Å². The predicted molar refractivity (Wildman–Crippen MR) is 73.7 cm³/mol. The van der Waals surface area contributed by atoms with Crippen molar-refractivity contribution in [3.63, 3.8) is 0 Å². The van der Waals surface area contributed by atoms with Crippen LogP contribution in [0.5, 0.6) is 0 Å². The van der Waals surface area contributed by atoms with E-state index in [0.717, 1.165) is 12.0 Å². The number of likely N-dealkylation sites (N-methyl/N-ethyl adjacent to an activating group) is 1. The molecule has 1 N–H and O–H groups in total. The molecule has 19 heavy (non-hydrogen) atoms. The van der Waals surface area contributed by atoms with Crippen molar-refractivity contribution in [2.24, 2.45) is 0 Å². The molecular weight excluding hydrogens is 240 g/mol. The minimum Gasteiger partial charge on any atom is -0.344 e. The Morgan fingerprint density at radius 3 is 2.63 bits per heavy atom. The SMILES string of the molecule is CC[C@@H](C(=O)N[C@H]1CCN(C)C1=O)c1ccccc1. The molecular formula is C15H20N2O2. The van der Waals surface area contributed by atoms with Gasteiger partial charge < -0.3 is 10.2 Å². The summed E-state index contributed by atoms with van der Waals surface area (Å²) in [6.45, 7) is 2.70. The van der Waals surface area contributed by atoms with E-state index in [4.69, 9.17) is 0 Å². The van der Waals surface area contributed by atoms with Crippen LogP contribution in [0, 0.1) is 0 Å². The van der Waals surface area contributed by atoms with Crippen molar-refractivity contribution in [2.75, 3.05) is 13.6 Å². The number of carbonyl (C=O) groups is 2. The van der Waals surface area contributed by atoms with Crippen LogP contribution in [0.15, 0.2) is 30.3 Å². The second-order valence-corrected chi connectivity index (χ2v) is 4.98. The van der Waals surface area contributed by atoms with Crippen LogP contribution in [0.3, 0.4) is 0 Å². The highest BCUT2D eigenvalue weighted by Crippen LogP contribution is 2.20. The Bertz CT molecular complexity index is 458. The monoisotopic (exact) mass is 260 g/mol. The normalized spacial score (nSPS) is 20.4. The summed E-state index contributed by atoms with van der Waals surface area (Å²) in [4.78, 5) is 25.8. The first-order chi connectivity index (χ1) is 9.13. The fourth-order valence-electron chi connectivity index (χ4n) is 2.49. The van der Waals surface area contributed by atoms with Crippen LogP contribution in [0.4, 0.5) is 0 Å². The van der Waals surface area contributed by atoms with Gasteiger partial charge in [-0.2, -0.15) is 0 Å². The van der Waals surface area contributed by atoms with Crippen molar-refractivity contribution in [3.05, 3.63) is 35.9 Å². The van der Waals surface area contributed by atoms with Crippen LogP contribution in [-0.2, 0) is 9.59 Å². The van der Waals surface area contributed by atoms with Crippen LogP contribution in [0.25, 0.3) is 0 Å². The van der Waals surface area contributed by atoms with E-state index in [9.17, 15) is 9.59 Å². The standard InChI is InChI=1S/C15H20N2O2/c1-3-12(11-7-5-4-6-8-11)14(18)16-13-9-10-17(2)15(13)19/h4-8,12-13H,3,9-10H2,1-2H3,(H,16,18)/t12-,13+/m1/s1. The lowest BCUT2D eigenvalue weighted by Crippen LogP contribution is -2.42. The molecule has 1 aliphatic rings. The van der Waals surface area contributed by atoms with Gasteiger partial charge in [0.15, 0.2) is 0 Å². The number of likely N-dealkylation sites (tertiary alicyclic amines) is 1. The number of hydrogen-bond acceptors (Lipinski definition) is 2. The molecule has 1 fully saturated rings. The predicted octanol–water partition coefficient (Wildman–Crippen LogP) is 1.53. The van der Waals surface area contributed by atoms with Gasteiger partial charge in [0.05, 0.1) is 5.92 Å². The largest absolute Gasteiger partial charge is 0.344 e. The summed E-state index contributed by atoms with van der Waals surface area (Å²) < 4.78 is 0. The second kappa shape index (κ2) is 5.87. The van der Waals surface area contributed by atoms with Crippen LogP contribution in [-0.4, -0.2) is 36.3 Å². The maximum atomic E-state index is 12.3. The Hall–Kier alpha value is -1.84. The molecule has 2 rings (SSSR count). The molecule has 1 aliphatic heterocycles. The number of benzene rings is 1. The van der Waals surface area contributed by atoms with E-state index in [1.165, 1.54) is 0 Å². The summed E-state index contributed by atoms with van der Waals surface area (Å²) in [6.07, 6.45) is 1.43. The van der Waals surface area contributed by atoms with Crippen molar-refractivity contribution in [2.45, 2.75) is 31.7 Å². The molecule has 1 saturated heterocycles. The lowest BCUT2D eigenvalue weighted by molar-refractivity contribution is -0.132. The molecule has 102 valence electrons. The number of nitrogens with one attached hydrogen (secondary N) is 1. The third-order valence-electron chi connectivity index (χ3n) is 3.67. The fourth-order valence-corrected chi connectivity index (χ4v) is 2.49. The van der Waals surface area contributed by atoms with Gasteiger partial charge in [0.2, 0.25) is 11.8 Å².